The van der Waals surface area contributed by atoms with E-state index in [1.807, 2.05) is 24.3 Å². The molecule has 2 aliphatic rings. The molecule has 188 valence electrons. The molecule has 1 fully saturated rings. The quantitative estimate of drug-likeness (QED) is 0.652. The number of likely N-dealkylation sites (tertiary alicyclic amines) is 1. The van der Waals surface area contributed by atoms with Gasteiger partial charge in [-0.2, -0.15) is 0 Å². The minimum absolute atomic E-state index is 0.235. The molecule has 1 aromatic heterocycles. The summed E-state index contributed by atoms with van der Waals surface area (Å²) in [6.45, 7) is 4.89. The van der Waals surface area contributed by atoms with E-state index >= 15 is 0 Å². The number of nitrogens with zero attached hydrogens (tertiary/aromatic N) is 3. The predicted molar refractivity (Wildman–Crippen MR) is 130 cm³/mol. The maximum absolute atomic E-state index is 13.4. The second kappa shape index (κ2) is 9.54. The Labute approximate surface area is 204 Å². The van der Waals surface area contributed by atoms with Gasteiger partial charge in [-0.25, -0.2) is 22.3 Å². The smallest absolute Gasteiger partial charge is 0.322 e. The molecule has 1 saturated heterocycles. The molecule has 11 heteroatoms. The van der Waals surface area contributed by atoms with Gasteiger partial charge in [-0.05, 0) is 61.9 Å². The van der Waals surface area contributed by atoms with Gasteiger partial charge in [0.1, 0.15) is 11.4 Å². The fraction of sp³-hybridized carbons (Fsp3) is 0.458. The van der Waals surface area contributed by atoms with Crippen molar-refractivity contribution in [3.63, 3.8) is 0 Å². The lowest BCUT2D eigenvalue weighted by Crippen LogP contribution is -2.56. The molecule has 0 spiro atoms. The second-order valence-electron chi connectivity index (χ2n) is 9.73. The summed E-state index contributed by atoms with van der Waals surface area (Å²) in [6, 6.07) is 8.79. The number of sulfonamides is 1. The van der Waals surface area contributed by atoms with E-state index in [-0.39, 0.29) is 17.9 Å². The van der Waals surface area contributed by atoms with Crippen molar-refractivity contribution in [3.05, 3.63) is 59.2 Å². The molecule has 0 aliphatic carbocycles. The summed E-state index contributed by atoms with van der Waals surface area (Å²) >= 11 is 0. The number of anilines is 1. The first-order valence-electron chi connectivity index (χ1n) is 11.5. The van der Waals surface area contributed by atoms with E-state index in [0.29, 0.717) is 37.6 Å². The molecule has 0 bridgehead atoms. The topological polar surface area (TPSA) is 112 Å². The number of hydrogen-bond acceptors (Lipinski definition) is 5. The van der Waals surface area contributed by atoms with Gasteiger partial charge < -0.3 is 15.1 Å². The van der Waals surface area contributed by atoms with Crippen LogP contribution in [0.1, 0.15) is 49.4 Å². The average Bonchev–Trinajstić information content (AvgIpc) is 3.21. The number of fused-ring (bicyclic) bond motifs is 1. The first-order valence-corrected chi connectivity index (χ1v) is 13.4. The molecular weight excluding hydrogens is 473 g/mol. The second-order valence-corrected chi connectivity index (χ2v) is 11.5. The minimum atomic E-state index is -3.50. The highest BCUT2D eigenvalue weighted by atomic mass is 32.2. The van der Waals surface area contributed by atoms with Crippen LogP contribution >= 0.6 is 0 Å². The number of aromatic nitrogens is 1. The zero-order valence-electron chi connectivity index (χ0n) is 20.0. The van der Waals surface area contributed by atoms with Gasteiger partial charge in [0.15, 0.2) is 0 Å². The number of benzene rings is 1. The highest BCUT2D eigenvalue weighted by Gasteiger charge is 2.36. The van der Waals surface area contributed by atoms with Gasteiger partial charge in [0, 0.05) is 25.3 Å². The Morgan fingerprint density at radius 1 is 1.09 bits per heavy atom. The molecule has 2 aromatic rings. The van der Waals surface area contributed by atoms with Crippen molar-refractivity contribution in [1.29, 1.82) is 0 Å². The van der Waals surface area contributed by atoms with E-state index < -0.39 is 21.4 Å². The van der Waals surface area contributed by atoms with E-state index in [1.54, 1.807) is 23.6 Å². The van der Waals surface area contributed by atoms with E-state index in [1.165, 1.54) is 6.07 Å². The molecule has 4 rings (SSSR count). The molecule has 2 aliphatic heterocycles. The van der Waals surface area contributed by atoms with Crippen LogP contribution in [-0.4, -0.2) is 60.0 Å². The van der Waals surface area contributed by atoms with Gasteiger partial charge in [-0.3, -0.25) is 9.78 Å². The lowest BCUT2D eigenvalue weighted by molar-refractivity contribution is -0.137. The molecule has 0 atom stereocenters. The van der Waals surface area contributed by atoms with Crippen LogP contribution in [0.5, 0.6) is 0 Å². The molecule has 2 N–H and O–H groups in total. The molecule has 35 heavy (non-hydrogen) atoms. The summed E-state index contributed by atoms with van der Waals surface area (Å²) in [5.41, 5.74) is 2.02. The fourth-order valence-corrected chi connectivity index (χ4v) is 5.75. The molecule has 0 saturated carbocycles. The zero-order chi connectivity index (χ0) is 25.4. The lowest BCUT2D eigenvalue weighted by atomic mass is 9.88. The monoisotopic (exact) mass is 503 g/mol. The van der Waals surface area contributed by atoms with Crippen molar-refractivity contribution in [3.8, 4) is 0 Å². The Bertz CT molecular complexity index is 1220. The standard InChI is InChI=1S/C24H30FN5O4S/c1-24(2,28-35(3,33)34)22(31)29-10-8-17(9-11-29)16-4-6-20(7-5-16)27-23(32)30-14-18-12-19(25)13-26-21(18)15-30/h4-7,12-13,17,28H,8-11,14-15H2,1-3H3,(H,27,32). The SMILES string of the molecule is CC(C)(NS(C)(=O)=O)C(=O)N1CCC(c2ccc(NC(=O)N3Cc4cc(F)cnc4C3)cc2)CC1. The Hall–Kier alpha value is -3.05. The first kappa shape index (κ1) is 25.1. The zero-order valence-corrected chi connectivity index (χ0v) is 20.9. The van der Waals surface area contributed by atoms with Crippen LogP contribution in [0.25, 0.3) is 0 Å². The van der Waals surface area contributed by atoms with Crippen LogP contribution < -0.4 is 10.0 Å². The van der Waals surface area contributed by atoms with E-state index in [4.69, 9.17) is 0 Å². The summed E-state index contributed by atoms with van der Waals surface area (Å²) in [7, 11) is -3.50. The molecular formula is C24H30FN5O4S. The summed E-state index contributed by atoms with van der Waals surface area (Å²) in [4.78, 5) is 32.8. The number of nitrogens with one attached hydrogen (secondary N) is 2. The number of hydrogen-bond donors (Lipinski definition) is 2. The Morgan fingerprint density at radius 3 is 2.37 bits per heavy atom. The number of carbonyl (C=O) groups excluding carboxylic acids is 2. The highest BCUT2D eigenvalue weighted by Crippen LogP contribution is 2.30. The molecule has 9 nitrogen and oxygen atoms in total. The van der Waals surface area contributed by atoms with Crippen LogP contribution in [0, 0.1) is 5.82 Å². The molecule has 0 radical (unpaired) electrons. The Balaban J connectivity index is 1.30. The summed E-state index contributed by atoms with van der Waals surface area (Å²) < 4.78 is 38.9. The molecule has 0 unspecified atom stereocenters. The molecule has 1 aromatic carbocycles. The highest BCUT2D eigenvalue weighted by molar-refractivity contribution is 7.88. The number of pyridine rings is 1. The number of rotatable bonds is 5. The molecule has 3 amide bonds. The lowest BCUT2D eigenvalue weighted by Gasteiger charge is -2.37. The van der Waals surface area contributed by atoms with Crippen molar-refractivity contribution in [2.45, 2.75) is 51.2 Å². The van der Waals surface area contributed by atoms with Gasteiger partial charge >= 0.3 is 6.03 Å². The van der Waals surface area contributed by atoms with Crippen molar-refractivity contribution in [2.24, 2.45) is 0 Å². The summed E-state index contributed by atoms with van der Waals surface area (Å²) in [5.74, 6) is -0.378. The third-order valence-electron chi connectivity index (χ3n) is 6.41. The van der Waals surface area contributed by atoms with Crippen molar-refractivity contribution in [1.82, 2.24) is 19.5 Å². The molecule has 3 heterocycles. The number of carbonyl (C=O) groups is 2. The average molecular weight is 504 g/mol. The van der Waals surface area contributed by atoms with Crippen molar-refractivity contribution < 1.29 is 22.4 Å². The first-order chi connectivity index (χ1) is 16.4. The van der Waals surface area contributed by atoms with Gasteiger partial charge in [-0.1, -0.05) is 12.1 Å². The number of piperidine rings is 1. The number of urea groups is 1. The van der Waals surface area contributed by atoms with Crippen LogP contribution in [0.2, 0.25) is 0 Å². The van der Waals surface area contributed by atoms with Crippen molar-refractivity contribution >= 4 is 27.6 Å². The largest absolute Gasteiger partial charge is 0.341 e. The number of halogens is 1. The maximum Gasteiger partial charge on any atom is 0.322 e. The fourth-order valence-electron chi connectivity index (χ4n) is 4.73. The Kier molecular flexibility index (Phi) is 6.83. The Morgan fingerprint density at radius 2 is 1.74 bits per heavy atom. The van der Waals surface area contributed by atoms with Crippen LogP contribution in [-0.2, 0) is 27.9 Å². The van der Waals surface area contributed by atoms with Crippen molar-refractivity contribution in [2.75, 3.05) is 24.7 Å². The summed E-state index contributed by atoms with van der Waals surface area (Å²) in [5, 5.41) is 2.88. The van der Waals surface area contributed by atoms with E-state index in [9.17, 15) is 22.4 Å². The third-order valence-corrected chi connectivity index (χ3v) is 7.29. The van der Waals surface area contributed by atoms with Gasteiger partial charge in [0.05, 0.1) is 24.7 Å². The van der Waals surface area contributed by atoms with Crippen LogP contribution in [0.4, 0.5) is 14.9 Å². The normalized spacial score (nSPS) is 16.8. The van der Waals surface area contributed by atoms with Gasteiger partial charge in [0.25, 0.3) is 0 Å². The van der Waals surface area contributed by atoms with Crippen LogP contribution in [0.3, 0.4) is 0 Å². The summed E-state index contributed by atoms with van der Waals surface area (Å²) in [6.07, 6.45) is 3.74. The minimum Gasteiger partial charge on any atom is -0.341 e. The van der Waals surface area contributed by atoms with E-state index in [0.717, 1.165) is 36.4 Å². The predicted octanol–water partition coefficient (Wildman–Crippen LogP) is 2.80. The van der Waals surface area contributed by atoms with Gasteiger partial charge in [0.2, 0.25) is 15.9 Å². The maximum atomic E-state index is 13.4. The number of amides is 3. The third kappa shape index (κ3) is 5.96. The van der Waals surface area contributed by atoms with E-state index in [2.05, 4.69) is 15.0 Å². The van der Waals surface area contributed by atoms with Gasteiger partial charge in [-0.15, -0.1) is 0 Å². The van der Waals surface area contributed by atoms with Crippen LogP contribution in [0.15, 0.2) is 36.5 Å².